The van der Waals surface area contributed by atoms with Gasteiger partial charge >= 0.3 is 12.1 Å². The molecule has 0 fully saturated rings. The van der Waals surface area contributed by atoms with Gasteiger partial charge in [0.25, 0.3) is 11.8 Å². The first-order valence-electron chi connectivity index (χ1n) is 12.0. The summed E-state index contributed by atoms with van der Waals surface area (Å²) < 4.78 is 66.7. The Kier molecular flexibility index (Phi) is 8.25. The Morgan fingerprint density at radius 1 is 1.12 bits per heavy atom. The number of amides is 2. The zero-order chi connectivity index (χ0) is 30.8. The van der Waals surface area contributed by atoms with Gasteiger partial charge in [0.1, 0.15) is 12.2 Å². The van der Waals surface area contributed by atoms with Gasteiger partial charge in [-0.1, -0.05) is 11.6 Å². The van der Waals surface area contributed by atoms with E-state index in [9.17, 15) is 36.8 Å². The summed E-state index contributed by atoms with van der Waals surface area (Å²) in [4.78, 5) is 31.0. The van der Waals surface area contributed by atoms with Gasteiger partial charge in [0, 0.05) is 12.7 Å². The first kappa shape index (κ1) is 30.1. The third-order valence-corrected chi connectivity index (χ3v) is 6.03. The molecular formula is C25H19ClF5N9O2. The van der Waals surface area contributed by atoms with Crippen molar-refractivity contribution < 1.29 is 31.5 Å². The van der Waals surface area contributed by atoms with Gasteiger partial charge in [0.05, 0.1) is 39.8 Å². The summed E-state index contributed by atoms with van der Waals surface area (Å²) in [7, 11) is 0. The van der Waals surface area contributed by atoms with Gasteiger partial charge < -0.3 is 10.6 Å². The van der Waals surface area contributed by atoms with Crippen molar-refractivity contribution in [1.82, 2.24) is 35.1 Å². The minimum Gasteiger partial charge on any atom is -0.352 e. The topological polar surface area (TPSA) is 143 Å². The number of hydrogen-bond acceptors (Lipinski definition) is 7. The third kappa shape index (κ3) is 5.91. The van der Waals surface area contributed by atoms with Crippen LogP contribution in [0.15, 0.2) is 42.7 Å². The smallest absolute Gasteiger partial charge is 0.352 e. The predicted molar refractivity (Wildman–Crippen MR) is 137 cm³/mol. The highest BCUT2D eigenvalue weighted by Crippen LogP contribution is 2.42. The van der Waals surface area contributed by atoms with E-state index in [-0.39, 0.29) is 51.8 Å². The zero-order valence-electron chi connectivity index (χ0n) is 21.7. The minimum atomic E-state index is -5.88. The molecular weight excluding hydrogens is 589 g/mol. The standard InChI is InChI=1S/C25H19ClF5N9O2/c1-3-33-22(41)16-8-14(10-32)7-13(2)20(16)36-23(42)18-9-15(37-40(18)21-17(26)5-4-6-34-21)12-39-35-11-19(38-39)24(27,28)25(29,30)31/h4-9,11H,3,12H2,1-2H3,(H,33,41)(H,36,42). The second-order valence-electron chi connectivity index (χ2n) is 8.71. The Labute approximate surface area is 238 Å². The summed E-state index contributed by atoms with van der Waals surface area (Å²) in [5, 5.41) is 25.6. The summed E-state index contributed by atoms with van der Waals surface area (Å²) in [5.41, 5.74) is -1.15. The van der Waals surface area contributed by atoms with Crippen LogP contribution in [0.2, 0.25) is 5.02 Å². The van der Waals surface area contributed by atoms with Crippen molar-refractivity contribution >= 4 is 29.1 Å². The molecule has 4 aromatic rings. The van der Waals surface area contributed by atoms with Gasteiger partial charge in [-0.25, -0.2) is 9.67 Å². The van der Waals surface area contributed by atoms with E-state index in [1.165, 1.54) is 36.5 Å². The maximum atomic E-state index is 13.7. The Balaban J connectivity index is 1.75. The minimum absolute atomic E-state index is 0.00575. The highest BCUT2D eigenvalue weighted by Gasteiger charge is 2.60. The van der Waals surface area contributed by atoms with E-state index in [0.717, 1.165) is 4.68 Å². The van der Waals surface area contributed by atoms with Gasteiger partial charge in [0.15, 0.2) is 11.5 Å². The molecule has 218 valence electrons. The largest absolute Gasteiger partial charge is 0.459 e. The molecule has 0 saturated carbocycles. The van der Waals surface area contributed by atoms with E-state index in [1.807, 2.05) is 6.07 Å². The molecule has 11 nitrogen and oxygen atoms in total. The summed E-state index contributed by atoms with van der Waals surface area (Å²) >= 11 is 6.26. The molecule has 0 unspecified atom stereocenters. The van der Waals surface area contributed by atoms with Crippen molar-refractivity contribution in [2.45, 2.75) is 32.5 Å². The van der Waals surface area contributed by atoms with Crippen LogP contribution in [0.3, 0.4) is 0 Å². The van der Waals surface area contributed by atoms with Crippen LogP contribution in [0.1, 0.15) is 50.3 Å². The predicted octanol–water partition coefficient (Wildman–Crippen LogP) is 4.40. The average Bonchev–Trinajstić information content (AvgIpc) is 3.57. The SMILES string of the molecule is CCNC(=O)c1cc(C#N)cc(C)c1NC(=O)c1cc(Cn2ncc(C(F)(F)C(F)(F)F)n2)nn1-c1ncccc1Cl. The lowest BCUT2D eigenvalue weighted by atomic mass is 10.0. The van der Waals surface area contributed by atoms with E-state index < -0.39 is 36.2 Å². The normalized spacial score (nSPS) is 11.7. The number of rotatable bonds is 8. The number of nitriles is 1. The second-order valence-corrected chi connectivity index (χ2v) is 9.12. The number of halogens is 6. The van der Waals surface area contributed by atoms with E-state index in [0.29, 0.717) is 10.4 Å². The summed E-state index contributed by atoms with van der Waals surface area (Å²) in [5.74, 6) is -6.61. The fraction of sp³-hybridized carbons (Fsp3) is 0.240. The lowest BCUT2D eigenvalue weighted by Crippen LogP contribution is -2.34. The number of hydrogen-bond donors (Lipinski definition) is 2. The van der Waals surface area contributed by atoms with Crippen LogP contribution in [0.5, 0.6) is 0 Å². The zero-order valence-corrected chi connectivity index (χ0v) is 22.4. The molecule has 0 bridgehead atoms. The van der Waals surface area contributed by atoms with Crippen molar-refractivity contribution in [2.24, 2.45) is 0 Å². The van der Waals surface area contributed by atoms with Crippen LogP contribution in [-0.4, -0.2) is 54.3 Å². The van der Waals surface area contributed by atoms with Crippen molar-refractivity contribution in [3.8, 4) is 11.9 Å². The van der Waals surface area contributed by atoms with E-state index in [1.54, 1.807) is 13.8 Å². The number of pyridine rings is 1. The van der Waals surface area contributed by atoms with E-state index in [4.69, 9.17) is 11.6 Å². The first-order valence-corrected chi connectivity index (χ1v) is 12.3. The number of benzene rings is 1. The fourth-order valence-corrected chi connectivity index (χ4v) is 4.00. The second kappa shape index (κ2) is 11.5. The van der Waals surface area contributed by atoms with Gasteiger partial charge in [0.2, 0.25) is 0 Å². The summed E-state index contributed by atoms with van der Waals surface area (Å²) in [6.07, 6.45) is -4.24. The fourth-order valence-electron chi connectivity index (χ4n) is 3.80. The van der Waals surface area contributed by atoms with Gasteiger partial charge in [-0.2, -0.15) is 47.3 Å². The maximum Gasteiger partial charge on any atom is 0.459 e. The summed E-state index contributed by atoms with van der Waals surface area (Å²) in [6, 6.07) is 8.91. The van der Waals surface area contributed by atoms with Crippen LogP contribution >= 0.6 is 11.6 Å². The molecule has 0 aliphatic heterocycles. The van der Waals surface area contributed by atoms with Crippen LogP contribution in [0.4, 0.5) is 27.6 Å². The summed E-state index contributed by atoms with van der Waals surface area (Å²) in [6.45, 7) is 3.03. The number of aromatic nitrogens is 6. The maximum absolute atomic E-state index is 13.7. The molecule has 3 aromatic heterocycles. The molecule has 2 amide bonds. The Bertz CT molecular complexity index is 1710. The van der Waals surface area contributed by atoms with E-state index >= 15 is 0 Å². The molecule has 2 N–H and O–H groups in total. The number of alkyl halides is 5. The van der Waals surface area contributed by atoms with Crippen LogP contribution in [-0.2, 0) is 12.5 Å². The number of nitrogens with zero attached hydrogens (tertiary/aromatic N) is 7. The van der Waals surface area contributed by atoms with Gasteiger partial charge in [-0.05, 0) is 49.7 Å². The molecule has 42 heavy (non-hydrogen) atoms. The molecule has 0 saturated heterocycles. The molecule has 4 rings (SSSR count). The van der Waals surface area contributed by atoms with Gasteiger partial charge in [-0.15, -0.1) is 0 Å². The lowest BCUT2D eigenvalue weighted by Gasteiger charge is -2.16. The molecule has 0 aliphatic carbocycles. The number of carbonyl (C=O) groups excluding carboxylic acids is 2. The number of anilines is 1. The Hall–Kier alpha value is -4.91. The Morgan fingerprint density at radius 3 is 2.50 bits per heavy atom. The average molecular weight is 608 g/mol. The van der Waals surface area contributed by atoms with E-state index in [2.05, 4.69) is 30.9 Å². The van der Waals surface area contributed by atoms with Gasteiger partial charge in [-0.3, -0.25) is 9.59 Å². The number of carbonyl (C=O) groups is 2. The van der Waals surface area contributed by atoms with Crippen LogP contribution in [0, 0.1) is 18.3 Å². The van der Waals surface area contributed by atoms with Crippen molar-refractivity contribution in [3.05, 3.63) is 81.5 Å². The third-order valence-electron chi connectivity index (χ3n) is 5.74. The highest BCUT2D eigenvalue weighted by molar-refractivity contribution is 6.32. The van der Waals surface area contributed by atoms with Crippen LogP contribution in [0.25, 0.3) is 5.82 Å². The van der Waals surface area contributed by atoms with Crippen molar-refractivity contribution in [3.63, 3.8) is 0 Å². The number of nitrogens with one attached hydrogen (secondary N) is 2. The molecule has 0 spiro atoms. The molecule has 0 atom stereocenters. The lowest BCUT2D eigenvalue weighted by molar-refractivity contribution is -0.291. The quantitative estimate of drug-likeness (QED) is 0.283. The first-order chi connectivity index (χ1) is 19.8. The highest BCUT2D eigenvalue weighted by atomic mass is 35.5. The molecule has 17 heteroatoms. The molecule has 3 heterocycles. The van der Waals surface area contributed by atoms with Crippen molar-refractivity contribution in [2.75, 3.05) is 11.9 Å². The van der Waals surface area contributed by atoms with Crippen molar-refractivity contribution in [1.29, 1.82) is 5.26 Å². The molecule has 1 aromatic carbocycles. The van der Waals surface area contributed by atoms with Crippen LogP contribution < -0.4 is 10.6 Å². The molecule has 0 radical (unpaired) electrons. The Morgan fingerprint density at radius 2 is 1.86 bits per heavy atom. The number of aryl methyl sites for hydroxylation is 1. The molecule has 0 aliphatic rings. The monoisotopic (exact) mass is 607 g/mol.